The molecule has 3 N–H and O–H groups in total. The van der Waals surface area contributed by atoms with E-state index in [0.29, 0.717) is 12.2 Å². The zero-order chi connectivity index (χ0) is 20.2. The molecule has 1 atom stereocenters. The van der Waals surface area contributed by atoms with Gasteiger partial charge in [0.2, 0.25) is 11.8 Å². The molecule has 0 radical (unpaired) electrons. The third-order valence-corrected chi connectivity index (χ3v) is 4.86. The van der Waals surface area contributed by atoms with Gasteiger partial charge < -0.3 is 10.6 Å². The van der Waals surface area contributed by atoms with Gasteiger partial charge in [-0.2, -0.15) is 0 Å². The van der Waals surface area contributed by atoms with E-state index in [1.54, 1.807) is 24.3 Å². The van der Waals surface area contributed by atoms with Gasteiger partial charge in [-0.3, -0.25) is 19.8 Å². The number of imide groups is 1. The minimum Gasteiger partial charge on any atom is -0.356 e. The van der Waals surface area contributed by atoms with Gasteiger partial charge in [0.15, 0.2) is 0 Å². The van der Waals surface area contributed by atoms with Crippen LogP contribution in [0.2, 0.25) is 0 Å². The van der Waals surface area contributed by atoms with Crippen molar-refractivity contribution in [2.75, 3.05) is 31.5 Å². The molecule has 1 aliphatic heterocycles. The number of amides is 4. The molecule has 28 heavy (non-hydrogen) atoms. The number of piperidine rings is 1. The van der Waals surface area contributed by atoms with Crippen molar-refractivity contribution in [3.63, 3.8) is 0 Å². The Morgan fingerprint density at radius 1 is 1.11 bits per heavy atom. The summed E-state index contributed by atoms with van der Waals surface area (Å²) in [5, 5.41) is 7.98. The van der Waals surface area contributed by atoms with Crippen molar-refractivity contribution in [1.29, 1.82) is 0 Å². The van der Waals surface area contributed by atoms with E-state index in [2.05, 4.69) is 22.9 Å². The topological polar surface area (TPSA) is 90.5 Å². The van der Waals surface area contributed by atoms with Gasteiger partial charge in [0.05, 0.1) is 12.5 Å². The molecule has 1 unspecified atom stereocenters. The van der Waals surface area contributed by atoms with Crippen LogP contribution in [0.5, 0.6) is 0 Å². The average molecular weight is 389 g/mol. The molecule has 4 amide bonds. The molecule has 1 fully saturated rings. The maximum Gasteiger partial charge on any atom is 0.325 e. The van der Waals surface area contributed by atoms with Gasteiger partial charge in [0.25, 0.3) is 0 Å². The minimum atomic E-state index is -0.547. The number of unbranched alkanes of at least 4 members (excludes halogenated alkanes) is 3. The summed E-state index contributed by atoms with van der Waals surface area (Å²) in [7, 11) is 0. The Bertz CT molecular complexity index is 636. The van der Waals surface area contributed by atoms with Crippen molar-refractivity contribution in [1.82, 2.24) is 15.5 Å². The molecule has 0 aromatic heterocycles. The third kappa shape index (κ3) is 8.08. The number of para-hydroxylation sites is 1. The predicted octanol–water partition coefficient (Wildman–Crippen LogP) is 2.74. The molecule has 1 aromatic rings. The largest absolute Gasteiger partial charge is 0.356 e. The van der Waals surface area contributed by atoms with E-state index in [1.807, 2.05) is 11.0 Å². The van der Waals surface area contributed by atoms with E-state index in [9.17, 15) is 14.4 Å². The van der Waals surface area contributed by atoms with E-state index < -0.39 is 6.03 Å². The minimum absolute atomic E-state index is 0.0726. The number of nitrogens with zero attached hydrogens (tertiary/aromatic N) is 1. The monoisotopic (exact) mass is 388 g/mol. The quantitative estimate of drug-likeness (QED) is 0.568. The van der Waals surface area contributed by atoms with Crippen LogP contribution in [0, 0.1) is 5.92 Å². The van der Waals surface area contributed by atoms with Crippen molar-refractivity contribution in [3.8, 4) is 0 Å². The van der Waals surface area contributed by atoms with Crippen molar-refractivity contribution >= 4 is 23.5 Å². The molecule has 154 valence electrons. The predicted molar refractivity (Wildman–Crippen MR) is 110 cm³/mol. The van der Waals surface area contributed by atoms with Gasteiger partial charge >= 0.3 is 6.03 Å². The van der Waals surface area contributed by atoms with E-state index in [4.69, 9.17) is 0 Å². The normalized spacial score (nSPS) is 17.0. The molecule has 0 aliphatic carbocycles. The van der Waals surface area contributed by atoms with Crippen LogP contribution in [-0.4, -0.2) is 48.9 Å². The fourth-order valence-electron chi connectivity index (χ4n) is 3.37. The number of nitrogens with one attached hydrogen (secondary N) is 3. The zero-order valence-electron chi connectivity index (χ0n) is 16.7. The first kappa shape index (κ1) is 21.9. The summed E-state index contributed by atoms with van der Waals surface area (Å²) in [6.07, 6.45) is 6.23. The smallest absolute Gasteiger partial charge is 0.325 e. The molecule has 2 rings (SSSR count). The Balaban J connectivity index is 1.69. The number of rotatable bonds is 9. The number of benzene rings is 1. The van der Waals surface area contributed by atoms with Crippen LogP contribution in [0.3, 0.4) is 0 Å². The van der Waals surface area contributed by atoms with Crippen molar-refractivity contribution in [3.05, 3.63) is 30.3 Å². The van der Waals surface area contributed by atoms with Crippen molar-refractivity contribution in [2.24, 2.45) is 5.92 Å². The molecule has 1 saturated heterocycles. The Kier molecular flexibility index (Phi) is 9.48. The summed E-state index contributed by atoms with van der Waals surface area (Å²) >= 11 is 0. The SMILES string of the molecule is CCCCCCNC(=O)C1CCCN(CC(=O)NC(=O)Nc2ccccc2)C1. The van der Waals surface area contributed by atoms with E-state index >= 15 is 0 Å². The highest BCUT2D eigenvalue weighted by Gasteiger charge is 2.26. The van der Waals surface area contributed by atoms with Crippen LogP contribution >= 0.6 is 0 Å². The summed E-state index contributed by atoms with van der Waals surface area (Å²) in [6, 6.07) is 8.41. The Hall–Kier alpha value is -2.41. The van der Waals surface area contributed by atoms with Gasteiger partial charge in [0, 0.05) is 18.8 Å². The summed E-state index contributed by atoms with van der Waals surface area (Å²) in [5.41, 5.74) is 0.626. The lowest BCUT2D eigenvalue weighted by atomic mass is 9.97. The summed E-state index contributed by atoms with van der Waals surface area (Å²) in [6.45, 7) is 4.30. The lowest BCUT2D eigenvalue weighted by Crippen LogP contribution is -2.48. The summed E-state index contributed by atoms with van der Waals surface area (Å²) in [5.74, 6) is -0.386. The molecular weight excluding hydrogens is 356 g/mol. The molecule has 1 aromatic carbocycles. The Morgan fingerprint density at radius 2 is 1.89 bits per heavy atom. The van der Waals surface area contributed by atoms with Crippen molar-refractivity contribution < 1.29 is 14.4 Å². The number of hydrogen-bond donors (Lipinski definition) is 3. The van der Waals surface area contributed by atoms with E-state index in [0.717, 1.165) is 38.8 Å². The van der Waals surface area contributed by atoms with Crippen LogP contribution in [0.25, 0.3) is 0 Å². The Labute approximate surface area is 167 Å². The first-order chi connectivity index (χ1) is 13.6. The molecule has 7 heteroatoms. The van der Waals surface area contributed by atoms with Gasteiger partial charge in [-0.1, -0.05) is 44.4 Å². The maximum atomic E-state index is 12.3. The van der Waals surface area contributed by atoms with E-state index in [-0.39, 0.29) is 24.3 Å². The number of hydrogen-bond acceptors (Lipinski definition) is 4. The van der Waals surface area contributed by atoms with Crippen LogP contribution in [0.1, 0.15) is 45.4 Å². The lowest BCUT2D eigenvalue weighted by molar-refractivity contribution is -0.128. The van der Waals surface area contributed by atoms with Gasteiger partial charge in [-0.15, -0.1) is 0 Å². The van der Waals surface area contributed by atoms with Crippen LogP contribution in [0.15, 0.2) is 30.3 Å². The van der Waals surface area contributed by atoms with Gasteiger partial charge in [-0.05, 0) is 37.9 Å². The second-order valence-corrected chi connectivity index (χ2v) is 7.29. The van der Waals surface area contributed by atoms with Crippen LogP contribution in [-0.2, 0) is 9.59 Å². The molecule has 1 heterocycles. The standard InChI is InChI=1S/C21H32N4O3/c1-2-3-4-8-13-22-20(27)17-10-9-14-25(15-17)16-19(26)24-21(28)23-18-11-6-5-7-12-18/h5-7,11-12,17H,2-4,8-10,13-16H2,1H3,(H,22,27)(H2,23,24,26,28). The van der Waals surface area contributed by atoms with Gasteiger partial charge in [-0.25, -0.2) is 4.79 Å². The van der Waals surface area contributed by atoms with E-state index in [1.165, 1.54) is 12.8 Å². The highest BCUT2D eigenvalue weighted by Crippen LogP contribution is 2.16. The number of carbonyl (C=O) groups is 3. The number of anilines is 1. The second-order valence-electron chi connectivity index (χ2n) is 7.29. The first-order valence-electron chi connectivity index (χ1n) is 10.2. The number of carbonyl (C=O) groups excluding carboxylic acids is 3. The number of urea groups is 1. The van der Waals surface area contributed by atoms with Crippen molar-refractivity contribution in [2.45, 2.75) is 45.4 Å². The molecule has 0 spiro atoms. The van der Waals surface area contributed by atoms with Crippen LogP contribution < -0.4 is 16.0 Å². The van der Waals surface area contributed by atoms with Gasteiger partial charge in [0.1, 0.15) is 0 Å². The Morgan fingerprint density at radius 3 is 2.64 bits per heavy atom. The fraction of sp³-hybridized carbons (Fsp3) is 0.571. The molecular formula is C21H32N4O3. The molecule has 0 saturated carbocycles. The maximum absolute atomic E-state index is 12.3. The molecule has 7 nitrogen and oxygen atoms in total. The zero-order valence-corrected chi connectivity index (χ0v) is 16.7. The highest BCUT2D eigenvalue weighted by atomic mass is 16.2. The first-order valence-corrected chi connectivity index (χ1v) is 10.2. The second kappa shape index (κ2) is 12.1. The highest BCUT2D eigenvalue weighted by molar-refractivity contribution is 6.01. The summed E-state index contributed by atoms with van der Waals surface area (Å²) < 4.78 is 0. The average Bonchev–Trinajstić information content (AvgIpc) is 2.68. The third-order valence-electron chi connectivity index (χ3n) is 4.86. The molecule has 0 bridgehead atoms. The fourth-order valence-corrected chi connectivity index (χ4v) is 3.37. The molecule has 1 aliphatic rings. The van der Waals surface area contributed by atoms with Crippen LogP contribution in [0.4, 0.5) is 10.5 Å². The lowest BCUT2D eigenvalue weighted by Gasteiger charge is -2.31. The summed E-state index contributed by atoms with van der Waals surface area (Å²) in [4.78, 5) is 38.3. The number of likely N-dealkylation sites (tertiary alicyclic amines) is 1.